The SMILES string of the molecule is CC[C@H](O)c1ccc(N2CCN(C)CC2)nc1. The second-order valence-corrected chi connectivity index (χ2v) is 4.66. The fourth-order valence-corrected chi connectivity index (χ4v) is 2.05. The highest BCUT2D eigenvalue weighted by Gasteiger charge is 2.15. The third-order valence-corrected chi connectivity index (χ3v) is 3.37. The van der Waals surface area contributed by atoms with Crippen molar-refractivity contribution in [3.05, 3.63) is 23.9 Å². The van der Waals surface area contributed by atoms with Gasteiger partial charge >= 0.3 is 0 Å². The number of pyridine rings is 1. The summed E-state index contributed by atoms with van der Waals surface area (Å²) in [6, 6.07) is 3.99. The van der Waals surface area contributed by atoms with Gasteiger partial charge in [0.15, 0.2) is 0 Å². The molecule has 1 aliphatic heterocycles. The van der Waals surface area contributed by atoms with E-state index in [4.69, 9.17) is 0 Å². The zero-order valence-electron chi connectivity index (χ0n) is 10.6. The maximum Gasteiger partial charge on any atom is 0.128 e. The van der Waals surface area contributed by atoms with Gasteiger partial charge in [-0.3, -0.25) is 0 Å². The summed E-state index contributed by atoms with van der Waals surface area (Å²) in [5, 5.41) is 9.70. The summed E-state index contributed by atoms with van der Waals surface area (Å²) >= 11 is 0. The van der Waals surface area contributed by atoms with Crippen LogP contribution in [-0.4, -0.2) is 48.2 Å². The van der Waals surface area contributed by atoms with E-state index >= 15 is 0 Å². The molecule has 94 valence electrons. The van der Waals surface area contributed by atoms with E-state index in [0.29, 0.717) is 0 Å². The van der Waals surface area contributed by atoms with Crippen LogP contribution in [-0.2, 0) is 0 Å². The first-order chi connectivity index (χ1) is 8.20. The maximum absolute atomic E-state index is 9.70. The van der Waals surface area contributed by atoms with Crippen LogP contribution in [0.4, 0.5) is 5.82 Å². The number of nitrogens with zero attached hydrogens (tertiary/aromatic N) is 3. The predicted molar refractivity (Wildman–Crippen MR) is 69.2 cm³/mol. The first kappa shape index (κ1) is 12.3. The number of aromatic nitrogens is 1. The molecule has 1 atom stereocenters. The molecule has 1 aromatic rings. The summed E-state index contributed by atoms with van der Waals surface area (Å²) in [6.45, 7) is 6.19. The zero-order valence-corrected chi connectivity index (χ0v) is 10.6. The Morgan fingerprint density at radius 3 is 2.53 bits per heavy atom. The van der Waals surface area contributed by atoms with E-state index in [0.717, 1.165) is 44.0 Å². The van der Waals surface area contributed by atoms with Crippen LogP contribution in [0.5, 0.6) is 0 Å². The Kier molecular flexibility index (Phi) is 3.97. The number of aliphatic hydroxyl groups excluding tert-OH is 1. The van der Waals surface area contributed by atoms with Crippen molar-refractivity contribution in [2.24, 2.45) is 0 Å². The molecule has 4 heteroatoms. The number of piperazine rings is 1. The van der Waals surface area contributed by atoms with Crippen molar-refractivity contribution in [2.75, 3.05) is 38.1 Å². The van der Waals surface area contributed by atoms with Gasteiger partial charge in [-0.05, 0) is 25.1 Å². The van der Waals surface area contributed by atoms with Gasteiger partial charge in [0.2, 0.25) is 0 Å². The van der Waals surface area contributed by atoms with Gasteiger partial charge in [-0.2, -0.15) is 0 Å². The van der Waals surface area contributed by atoms with Crippen molar-refractivity contribution < 1.29 is 5.11 Å². The van der Waals surface area contributed by atoms with Gasteiger partial charge < -0.3 is 14.9 Å². The van der Waals surface area contributed by atoms with E-state index in [1.165, 1.54) is 0 Å². The van der Waals surface area contributed by atoms with Crippen LogP contribution in [0.15, 0.2) is 18.3 Å². The fraction of sp³-hybridized carbons (Fsp3) is 0.615. The summed E-state index contributed by atoms with van der Waals surface area (Å²) in [6.07, 6.45) is 2.14. The molecule has 1 saturated heterocycles. The molecule has 4 nitrogen and oxygen atoms in total. The lowest BCUT2D eigenvalue weighted by Gasteiger charge is -2.33. The van der Waals surface area contributed by atoms with E-state index in [9.17, 15) is 5.11 Å². The van der Waals surface area contributed by atoms with Crippen molar-refractivity contribution in [2.45, 2.75) is 19.4 Å². The Bertz CT molecular complexity index is 344. The molecule has 0 amide bonds. The lowest BCUT2D eigenvalue weighted by atomic mass is 10.1. The Labute approximate surface area is 103 Å². The third kappa shape index (κ3) is 2.96. The summed E-state index contributed by atoms with van der Waals surface area (Å²) < 4.78 is 0. The molecule has 0 bridgehead atoms. The molecule has 1 fully saturated rings. The second kappa shape index (κ2) is 5.47. The molecule has 0 aromatic carbocycles. The van der Waals surface area contributed by atoms with Crippen LogP contribution in [0, 0.1) is 0 Å². The van der Waals surface area contributed by atoms with E-state index in [1.807, 2.05) is 19.1 Å². The van der Waals surface area contributed by atoms with Crippen LogP contribution >= 0.6 is 0 Å². The quantitative estimate of drug-likeness (QED) is 0.856. The number of likely N-dealkylation sites (N-methyl/N-ethyl adjacent to an activating group) is 1. The van der Waals surface area contributed by atoms with Gasteiger partial charge in [0.25, 0.3) is 0 Å². The summed E-state index contributed by atoms with van der Waals surface area (Å²) in [4.78, 5) is 9.06. The molecule has 0 aliphatic carbocycles. The van der Waals surface area contributed by atoms with Crippen molar-refractivity contribution in [3.8, 4) is 0 Å². The minimum absolute atomic E-state index is 0.385. The molecular formula is C13H21N3O. The normalized spacial score (nSPS) is 19.4. The molecule has 2 rings (SSSR count). The van der Waals surface area contributed by atoms with Gasteiger partial charge in [-0.1, -0.05) is 13.0 Å². The average Bonchev–Trinajstić information content (AvgIpc) is 2.39. The van der Waals surface area contributed by atoms with Crippen molar-refractivity contribution in [3.63, 3.8) is 0 Å². The van der Waals surface area contributed by atoms with E-state index in [1.54, 1.807) is 6.20 Å². The topological polar surface area (TPSA) is 39.6 Å². The first-order valence-electron chi connectivity index (χ1n) is 6.28. The minimum Gasteiger partial charge on any atom is -0.388 e. The zero-order chi connectivity index (χ0) is 12.3. The molecule has 0 unspecified atom stereocenters. The second-order valence-electron chi connectivity index (χ2n) is 4.66. The summed E-state index contributed by atoms with van der Waals surface area (Å²) in [7, 11) is 2.14. The third-order valence-electron chi connectivity index (χ3n) is 3.37. The van der Waals surface area contributed by atoms with Gasteiger partial charge in [-0.25, -0.2) is 4.98 Å². The van der Waals surface area contributed by atoms with Crippen molar-refractivity contribution in [1.29, 1.82) is 0 Å². The molecule has 0 radical (unpaired) electrons. The lowest BCUT2D eigenvalue weighted by Crippen LogP contribution is -2.44. The minimum atomic E-state index is -0.385. The molecule has 1 aliphatic rings. The fourth-order valence-electron chi connectivity index (χ4n) is 2.05. The van der Waals surface area contributed by atoms with E-state index in [-0.39, 0.29) is 6.10 Å². The van der Waals surface area contributed by atoms with E-state index in [2.05, 4.69) is 21.8 Å². The smallest absolute Gasteiger partial charge is 0.128 e. The summed E-state index contributed by atoms with van der Waals surface area (Å²) in [5.41, 5.74) is 0.908. The van der Waals surface area contributed by atoms with Gasteiger partial charge in [0.05, 0.1) is 6.10 Å². The maximum atomic E-state index is 9.70. The van der Waals surface area contributed by atoms with Crippen LogP contribution in [0.3, 0.4) is 0 Å². The number of rotatable bonds is 3. The molecular weight excluding hydrogens is 214 g/mol. The molecule has 17 heavy (non-hydrogen) atoms. The van der Waals surface area contributed by atoms with Crippen molar-refractivity contribution >= 4 is 5.82 Å². The first-order valence-corrected chi connectivity index (χ1v) is 6.28. The van der Waals surface area contributed by atoms with Crippen LogP contribution in [0.25, 0.3) is 0 Å². The molecule has 0 saturated carbocycles. The molecule has 1 N–H and O–H groups in total. The standard InChI is InChI=1S/C13H21N3O/c1-3-12(17)11-4-5-13(14-10-11)16-8-6-15(2)7-9-16/h4-5,10,12,17H,3,6-9H2,1-2H3/t12-/m0/s1. The van der Waals surface area contributed by atoms with Crippen molar-refractivity contribution in [1.82, 2.24) is 9.88 Å². The number of hydrogen-bond donors (Lipinski definition) is 1. The highest BCUT2D eigenvalue weighted by atomic mass is 16.3. The average molecular weight is 235 g/mol. The van der Waals surface area contributed by atoms with Gasteiger partial charge in [0, 0.05) is 32.4 Å². The van der Waals surface area contributed by atoms with Gasteiger partial charge in [-0.15, -0.1) is 0 Å². The predicted octanol–water partition coefficient (Wildman–Crippen LogP) is 1.28. The highest BCUT2D eigenvalue weighted by molar-refractivity contribution is 5.40. The Hall–Kier alpha value is -1.13. The lowest BCUT2D eigenvalue weighted by molar-refractivity contribution is 0.173. The van der Waals surface area contributed by atoms with Gasteiger partial charge in [0.1, 0.15) is 5.82 Å². The Morgan fingerprint density at radius 2 is 2.00 bits per heavy atom. The highest BCUT2D eigenvalue weighted by Crippen LogP contribution is 2.19. The number of anilines is 1. The van der Waals surface area contributed by atoms with Crippen LogP contribution in [0.2, 0.25) is 0 Å². The molecule has 2 heterocycles. The number of hydrogen-bond acceptors (Lipinski definition) is 4. The Morgan fingerprint density at radius 1 is 1.29 bits per heavy atom. The monoisotopic (exact) mass is 235 g/mol. The van der Waals surface area contributed by atoms with E-state index < -0.39 is 0 Å². The number of aliphatic hydroxyl groups is 1. The molecule has 0 spiro atoms. The summed E-state index contributed by atoms with van der Waals surface area (Å²) in [5.74, 6) is 1.02. The Balaban J connectivity index is 2.02. The largest absolute Gasteiger partial charge is 0.388 e. The molecule has 1 aromatic heterocycles. The van der Waals surface area contributed by atoms with Crippen LogP contribution in [0.1, 0.15) is 25.0 Å². The van der Waals surface area contributed by atoms with Crippen LogP contribution < -0.4 is 4.90 Å².